The molecule has 0 aliphatic carbocycles. The molecule has 0 saturated carbocycles. The minimum atomic E-state index is -4.57. The summed E-state index contributed by atoms with van der Waals surface area (Å²) in [4.78, 5) is 7.76. The van der Waals surface area contributed by atoms with Crippen LogP contribution in [0.25, 0.3) is 10.4 Å². The molecule has 3 rings (SSSR count). The van der Waals surface area contributed by atoms with E-state index < -0.39 is 11.9 Å². The van der Waals surface area contributed by atoms with Crippen LogP contribution in [-0.2, 0) is 6.18 Å². The van der Waals surface area contributed by atoms with E-state index in [0.717, 1.165) is 16.9 Å². The summed E-state index contributed by atoms with van der Waals surface area (Å²) < 4.78 is 45.0. The van der Waals surface area contributed by atoms with Crippen molar-refractivity contribution in [2.24, 2.45) is 4.99 Å². The first-order valence-electron chi connectivity index (χ1n) is 7.39. The van der Waals surface area contributed by atoms with Gasteiger partial charge in [0.05, 0.1) is 12.0 Å². The van der Waals surface area contributed by atoms with Crippen molar-refractivity contribution >= 4 is 34.3 Å². The number of benzene rings is 2. The van der Waals surface area contributed by atoms with E-state index in [9.17, 15) is 13.2 Å². The average molecular weight is 397 g/mol. The lowest BCUT2D eigenvalue weighted by Gasteiger charge is -2.05. The summed E-state index contributed by atoms with van der Waals surface area (Å²) in [6, 6.07) is 13.1. The van der Waals surface area contributed by atoms with Gasteiger partial charge in [0.15, 0.2) is 5.69 Å². The fourth-order valence-electron chi connectivity index (χ4n) is 2.17. The third-order valence-electron chi connectivity index (χ3n) is 3.43. The van der Waals surface area contributed by atoms with Gasteiger partial charge in [0.2, 0.25) is 5.13 Å². The van der Waals surface area contributed by atoms with Crippen molar-refractivity contribution in [3.63, 3.8) is 0 Å². The normalized spacial score (nSPS) is 11.9. The van der Waals surface area contributed by atoms with Gasteiger partial charge in [-0.2, -0.15) is 13.2 Å². The Kier molecular flexibility index (Phi) is 5.29. The maximum Gasteiger partial charge on any atom is 0.434 e. The summed E-state index contributed by atoms with van der Waals surface area (Å²) in [6.45, 7) is 0. The molecule has 8 heteroatoms. The van der Waals surface area contributed by atoms with Gasteiger partial charge in [-0.25, -0.2) is 9.98 Å². The fraction of sp³-hybridized carbons (Fsp3) is 0.111. The van der Waals surface area contributed by atoms with Crippen molar-refractivity contribution < 1.29 is 17.9 Å². The van der Waals surface area contributed by atoms with Crippen LogP contribution in [0.5, 0.6) is 5.75 Å². The van der Waals surface area contributed by atoms with Gasteiger partial charge in [-0.3, -0.25) is 0 Å². The summed E-state index contributed by atoms with van der Waals surface area (Å²) >= 11 is 6.68. The highest BCUT2D eigenvalue weighted by Gasteiger charge is 2.37. The Morgan fingerprint density at radius 3 is 2.31 bits per heavy atom. The molecule has 1 aromatic heterocycles. The van der Waals surface area contributed by atoms with Crippen LogP contribution in [0.3, 0.4) is 0 Å². The van der Waals surface area contributed by atoms with Crippen LogP contribution in [0, 0.1) is 0 Å². The largest absolute Gasteiger partial charge is 0.497 e. The topological polar surface area (TPSA) is 34.5 Å². The van der Waals surface area contributed by atoms with Crippen molar-refractivity contribution in [3.05, 3.63) is 64.8 Å². The van der Waals surface area contributed by atoms with Crippen molar-refractivity contribution in [2.45, 2.75) is 6.18 Å². The Labute approximate surface area is 156 Å². The number of thiazole rings is 1. The van der Waals surface area contributed by atoms with Crippen LogP contribution in [0.1, 0.15) is 11.3 Å². The number of nitrogens with zero attached hydrogens (tertiary/aromatic N) is 2. The first-order chi connectivity index (χ1) is 12.4. The molecular formula is C18H12ClF3N2OS. The van der Waals surface area contributed by atoms with E-state index in [0.29, 0.717) is 16.3 Å². The average Bonchev–Trinajstić information content (AvgIpc) is 3.06. The van der Waals surface area contributed by atoms with Crippen molar-refractivity contribution in [1.82, 2.24) is 4.98 Å². The zero-order valence-electron chi connectivity index (χ0n) is 13.4. The summed E-state index contributed by atoms with van der Waals surface area (Å²) in [6.07, 6.45) is -3.11. The molecule has 0 saturated heterocycles. The molecule has 0 radical (unpaired) electrons. The van der Waals surface area contributed by atoms with E-state index in [-0.39, 0.29) is 10.0 Å². The highest BCUT2D eigenvalue weighted by molar-refractivity contribution is 7.18. The molecule has 0 bridgehead atoms. The maximum atomic E-state index is 13.3. The van der Waals surface area contributed by atoms with Gasteiger partial charge in [0.1, 0.15) is 5.75 Å². The number of alkyl halides is 3. The van der Waals surface area contributed by atoms with E-state index in [4.69, 9.17) is 16.3 Å². The summed E-state index contributed by atoms with van der Waals surface area (Å²) in [5, 5.41) is 0.475. The van der Waals surface area contributed by atoms with E-state index in [1.54, 1.807) is 31.4 Å². The molecule has 0 aliphatic rings. The molecule has 0 aliphatic heterocycles. The predicted octanol–water partition coefficient (Wildman–Crippen LogP) is 6.24. The Morgan fingerprint density at radius 2 is 1.73 bits per heavy atom. The van der Waals surface area contributed by atoms with Gasteiger partial charge in [-0.1, -0.05) is 35.1 Å². The molecule has 0 fully saturated rings. The lowest BCUT2D eigenvalue weighted by Crippen LogP contribution is -2.06. The van der Waals surface area contributed by atoms with Gasteiger partial charge in [-0.05, 0) is 47.5 Å². The minimum absolute atomic E-state index is 0.0102. The zero-order chi connectivity index (χ0) is 18.7. The highest BCUT2D eigenvalue weighted by atomic mass is 35.5. The Bertz CT molecular complexity index is 919. The first kappa shape index (κ1) is 18.4. The number of aliphatic imine (C=N–C) groups is 1. The molecule has 0 atom stereocenters. The summed E-state index contributed by atoms with van der Waals surface area (Å²) in [5.41, 5.74) is 0.166. The summed E-state index contributed by atoms with van der Waals surface area (Å²) in [7, 11) is 1.55. The maximum absolute atomic E-state index is 13.3. The fourth-order valence-corrected chi connectivity index (χ4v) is 3.24. The molecule has 0 unspecified atom stereocenters. The molecule has 1 heterocycles. The van der Waals surface area contributed by atoms with Gasteiger partial charge in [-0.15, -0.1) is 0 Å². The minimum Gasteiger partial charge on any atom is -0.497 e. The van der Waals surface area contributed by atoms with Gasteiger partial charge >= 0.3 is 6.18 Å². The molecule has 26 heavy (non-hydrogen) atoms. The second-order valence-electron chi connectivity index (χ2n) is 5.21. The predicted molar refractivity (Wildman–Crippen MR) is 97.8 cm³/mol. The molecule has 0 spiro atoms. The molecule has 134 valence electrons. The SMILES string of the molecule is COc1ccc(/C=N/c2nc(C(F)(F)F)c(-c3ccc(Cl)cc3)s2)cc1. The van der Waals surface area contributed by atoms with Crippen molar-refractivity contribution in [3.8, 4) is 16.2 Å². The molecule has 0 N–H and O–H groups in total. The third kappa shape index (κ3) is 4.23. The number of hydrogen-bond donors (Lipinski definition) is 0. The lowest BCUT2D eigenvalue weighted by molar-refractivity contribution is -0.140. The second-order valence-corrected chi connectivity index (χ2v) is 6.62. The molecule has 3 aromatic rings. The van der Waals surface area contributed by atoms with Gasteiger partial charge in [0.25, 0.3) is 0 Å². The van der Waals surface area contributed by atoms with E-state index in [2.05, 4.69) is 9.98 Å². The van der Waals surface area contributed by atoms with Crippen LogP contribution in [-0.4, -0.2) is 18.3 Å². The number of halogens is 4. The van der Waals surface area contributed by atoms with Crippen LogP contribution < -0.4 is 4.74 Å². The standard InChI is InChI=1S/C18H12ClF3N2OS/c1-25-14-8-2-11(3-9-14)10-23-17-24-16(18(20,21)22)15(26-17)12-4-6-13(19)7-5-12/h2-10H,1H3/b23-10+. The zero-order valence-corrected chi connectivity index (χ0v) is 15.0. The van der Waals surface area contributed by atoms with Crippen LogP contribution >= 0.6 is 22.9 Å². The molecular weight excluding hydrogens is 385 g/mol. The quantitative estimate of drug-likeness (QED) is 0.489. The van der Waals surface area contributed by atoms with Crippen LogP contribution in [0.15, 0.2) is 53.5 Å². The molecule has 2 aromatic carbocycles. The highest BCUT2D eigenvalue weighted by Crippen LogP contribution is 2.42. The monoisotopic (exact) mass is 396 g/mol. The Morgan fingerprint density at radius 1 is 1.08 bits per heavy atom. The Balaban J connectivity index is 1.95. The van der Waals surface area contributed by atoms with Gasteiger partial charge in [0, 0.05) is 11.2 Å². The number of hydrogen-bond acceptors (Lipinski definition) is 4. The van der Waals surface area contributed by atoms with Crippen molar-refractivity contribution in [1.29, 1.82) is 0 Å². The van der Waals surface area contributed by atoms with Gasteiger partial charge < -0.3 is 4.74 Å². The number of methoxy groups -OCH3 is 1. The van der Waals surface area contributed by atoms with E-state index in [1.807, 2.05) is 0 Å². The molecule has 3 nitrogen and oxygen atoms in total. The number of aromatic nitrogens is 1. The van der Waals surface area contributed by atoms with Crippen LogP contribution in [0.2, 0.25) is 5.02 Å². The molecule has 0 amide bonds. The Hall–Kier alpha value is -2.38. The van der Waals surface area contributed by atoms with Crippen LogP contribution in [0.4, 0.5) is 18.3 Å². The lowest BCUT2D eigenvalue weighted by atomic mass is 10.1. The summed E-state index contributed by atoms with van der Waals surface area (Å²) in [5.74, 6) is 0.681. The first-order valence-corrected chi connectivity index (χ1v) is 8.58. The number of rotatable bonds is 4. The van der Waals surface area contributed by atoms with E-state index >= 15 is 0 Å². The number of ether oxygens (including phenoxy) is 1. The van der Waals surface area contributed by atoms with Crippen molar-refractivity contribution in [2.75, 3.05) is 7.11 Å². The second kappa shape index (κ2) is 7.47. The van der Waals surface area contributed by atoms with E-state index in [1.165, 1.54) is 30.5 Å². The smallest absolute Gasteiger partial charge is 0.434 e. The third-order valence-corrected chi connectivity index (χ3v) is 4.70.